The first-order valence-corrected chi connectivity index (χ1v) is 9.55. The van der Waals surface area contributed by atoms with Crippen molar-refractivity contribution in [2.24, 2.45) is 16.1 Å². The Labute approximate surface area is 171 Å². The van der Waals surface area contributed by atoms with Crippen LogP contribution >= 0.6 is 0 Å². The molecule has 6 nitrogen and oxygen atoms in total. The molecule has 2 N–H and O–H groups in total. The SMILES string of the molecule is N#Cc1ccc2c(n1)C(N(F)c1cccc(C3=N[C@@H](N)C(CF)(CF)CO3)c1)CC2. The summed E-state index contributed by atoms with van der Waals surface area (Å²) >= 11 is 0. The lowest BCUT2D eigenvalue weighted by atomic mass is 9.88. The van der Waals surface area contributed by atoms with Crippen LogP contribution in [0.3, 0.4) is 0 Å². The molecule has 156 valence electrons. The largest absolute Gasteiger partial charge is 0.476 e. The van der Waals surface area contributed by atoms with Crippen LogP contribution in [0.5, 0.6) is 0 Å². The molecule has 2 atom stereocenters. The quantitative estimate of drug-likeness (QED) is 0.757. The van der Waals surface area contributed by atoms with Gasteiger partial charge in [-0.05, 0) is 42.7 Å². The average molecular weight is 415 g/mol. The van der Waals surface area contributed by atoms with Crippen LogP contribution in [0.15, 0.2) is 41.4 Å². The van der Waals surface area contributed by atoms with Crippen LogP contribution in [0.1, 0.15) is 35.0 Å². The van der Waals surface area contributed by atoms with Crippen molar-refractivity contribution in [3.05, 3.63) is 58.9 Å². The van der Waals surface area contributed by atoms with Gasteiger partial charge >= 0.3 is 0 Å². The van der Waals surface area contributed by atoms with Gasteiger partial charge < -0.3 is 10.5 Å². The zero-order valence-electron chi connectivity index (χ0n) is 16.1. The molecule has 0 radical (unpaired) electrons. The lowest BCUT2D eigenvalue weighted by Gasteiger charge is -2.35. The maximum atomic E-state index is 15.3. The molecular formula is C21H20F3N5O. The number of hydrogen-bond donors (Lipinski definition) is 1. The third kappa shape index (κ3) is 3.37. The Hall–Kier alpha value is -3.12. The normalized spacial score (nSPS) is 21.9. The van der Waals surface area contributed by atoms with Crippen LogP contribution in [0.25, 0.3) is 0 Å². The van der Waals surface area contributed by atoms with E-state index >= 15 is 4.48 Å². The minimum Gasteiger partial charge on any atom is -0.476 e. The first kappa shape index (κ1) is 20.2. The summed E-state index contributed by atoms with van der Waals surface area (Å²) in [4.78, 5) is 8.39. The van der Waals surface area contributed by atoms with E-state index in [1.807, 2.05) is 6.07 Å². The molecule has 9 heteroatoms. The zero-order chi connectivity index (χ0) is 21.3. The first-order chi connectivity index (χ1) is 14.5. The summed E-state index contributed by atoms with van der Waals surface area (Å²) in [7, 11) is 0. The molecule has 0 fully saturated rings. The molecule has 0 amide bonds. The molecule has 1 aromatic carbocycles. The van der Waals surface area contributed by atoms with E-state index in [9.17, 15) is 8.78 Å². The average Bonchev–Trinajstić information content (AvgIpc) is 3.22. The van der Waals surface area contributed by atoms with E-state index in [-0.39, 0.29) is 23.9 Å². The fourth-order valence-corrected chi connectivity index (χ4v) is 3.69. The number of benzene rings is 1. The highest BCUT2D eigenvalue weighted by Crippen LogP contribution is 2.38. The van der Waals surface area contributed by atoms with E-state index in [0.717, 1.165) is 5.56 Å². The number of aliphatic imine (C=N–C) groups is 1. The third-order valence-electron chi connectivity index (χ3n) is 5.66. The van der Waals surface area contributed by atoms with Crippen molar-refractivity contribution >= 4 is 11.6 Å². The summed E-state index contributed by atoms with van der Waals surface area (Å²) in [6.45, 7) is -2.22. The predicted octanol–water partition coefficient (Wildman–Crippen LogP) is 3.32. The Morgan fingerprint density at radius 2 is 2.07 bits per heavy atom. The summed E-state index contributed by atoms with van der Waals surface area (Å²) in [6.07, 6.45) is 0.0880. The second kappa shape index (κ2) is 7.95. The van der Waals surface area contributed by atoms with Gasteiger partial charge in [-0.25, -0.2) is 15.1 Å². The monoisotopic (exact) mass is 415 g/mol. The van der Waals surface area contributed by atoms with Crippen molar-refractivity contribution in [3.63, 3.8) is 0 Å². The maximum absolute atomic E-state index is 15.3. The molecule has 0 bridgehead atoms. The third-order valence-corrected chi connectivity index (χ3v) is 5.66. The first-order valence-electron chi connectivity index (χ1n) is 9.55. The molecule has 2 aromatic rings. The molecule has 0 spiro atoms. The summed E-state index contributed by atoms with van der Waals surface area (Å²) in [5.74, 6) is 0.118. The van der Waals surface area contributed by atoms with Gasteiger partial charge in [0.25, 0.3) is 0 Å². The van der Waals surface area contributed by atoms with Gasteiger partial charge in [0.2, 0.25) is 5.90 Å². The number of ether oxygens (including phenoxy) is 1. The minimum atomic E-state index is -1.50. The van der Waals surface area contributed by atoms with Crippen molar-refractivity contribution in [2.45, 2.75) is 25.0 Å². The Morgan fingerprint density at radius 3 is 2.77 bits per heavy atom. The lowest BCUT2D eigenvalue weighted by Crippen LogP contribution is -2.51. The molecule has 0 saturated heterocycles. The van der Waals surface area contributed by atoms with Gasteiger partial charge in [-0.15, -0.1) is 0 Å². The van der Waals surface area contributed by atoms with Crippen LogP contribution in [0, 0.1) is 16.7 Å². The lowest BCUT2D eigenvalue weighted by molar-refractivity contribution is 0.0355. The Kier molecular flexibility index (Phi) is 5.35. The van der Waals surface area contributed by atoms with Crippen LogP contribution < -0.4 is 10.9 Å². The number of rotatable bonds is 5. The number of nitriles is 1. The van der Waals surface area contributed by atoms with Crippen molar-refractivity contribution < 1.29 is 18.0 Å². The fourth-order valence-electron chi connectivity index (χ4n) is 3.69. The summed E-state index contributed by atoms with van der Waals surface area (Å²) in [6, 6.07) is 11.2. The number of nitrogens with zero attached hydrogens (tertiary/aromatic N) is 4. The summed E-state index contributed by atoms with van der Waals surface area (Å²) in [5.41, 5.74) is 6.79. The molecule has 1 unspecified atom stereocenters. The summed E-state index contributed by atoms with van der Waals surface area (Å²) < 4.78 is 47.4. The number of anilines is 1. The molecule has 0 saturated carbocycles. The molecule has 1 aliphatic carbocycles. The smallest absolute Gasteiger partial charge is 0.217 e. The standard InChI is InChI=1S/C21H20F3N5O/c22-10-21(11-23)12-30-19(28-20(21)26)14-2-1-3-16(8-14)29(24)17-7-5-13-4-6-15(9-25)27-18(13)17/h1-4,6,8,17,20H,5,7,10-12,26H2/t17?,20-/m1/s1. The summed E-state index contributed by atoms with van der Waals surface area (Å²) in [5, 5.41) is 9.69. The maximum Gasteiger partial charge on any atom is 0.217 e. The Morgan fingerprint density at radius 1 is 1.27 bits per heavy atom. The van der Waals surface area contributed by atoms with Gasteiger partial charge in [-0.2, -0.15) is 5.26 Å². The molecular weight excluding hydrogens is 395 g/mol. The van der Waals surface area contributed by atoms with E-state index < -0.39 is 31.0 Å². The van der Waals surface area contributed by atoms with Gasteiger partial charge in [0.1, 0.15) is 43.9 Å². The van der Waals surface area contributed by atoms with Crippen LogP contribution in [0.4, 0.5) is 18.9 Å². The molecule has 2 aliphatic rings. The highest BCUT2D eigenvalue weighted by atomic mass is 19.2. The number of pyridine rings is 1. The van der Waals surface area contributed by atoms with Crippen molar-refractivity contribution in [2.75, 3.05) is 25.1 Å². The second-order valence-electron chi connectivity index (χ2n) is 7.57. The van der Waals surface area contributed by atoms with Gasteiger partial charge in [0, 0.05) is 5.56 Å². The number of nitrogens with two attached hydrogens (primary N) is 1. The Balaban J connectivity index is 1.61. The molecule has 4 rings (SSSR count). The van der Waals surface area contributed by atoms with Gasteiger partial charge in [-0.1, -0.05) is 16.6 Å². The Bertz CT molecular complexity index is 1020. The van der Waals surface area contributed by atoms with Crippen LogP contribution in [-0.2, 0) is 11.2 Å². The van der Waals surface area contributed by atoms with Gasteiger partial charge in [0.15, 0.2) is 0 Å². The predicted molar refractivity (Wildman–Crippen MR) is 105 cm³/mol. The van der Waals surface area contributed by atoms with Crippen LogP contribution in [0.2, 0.25) is 0 Å². The van der Waals surface area contributed by atoms with E-state index in [2.05, 4.69) is 9.98 Å². The number of aryl methyl sites for hydroxylation is 1. The molecule has 1 aromatic heterocycles. The van der Waals surface area contributed by atoms with E-state index in [1.165, 1.54) is 6.07 Å². The van der Waals surface area contributed by atoms with E-state index in [0.29, 0.717) is 29.2 Å². The van der Waals surface area contributed by atoms with Gasteiger partial charge in [-0.3, -0.25) is 8.78 Å². The van der Waals surface area contributed by atoms with E-state index in [4.69, 9.17) is 15.7 Å². The number of aromatic nitrogens is 1. The van der Waals surface area contributed by atoms with Crippen molar-refractivity contribution in [3.8, 4) is 6.07 Å². The minimum absolute atomic E-state index is 0.118. The van der Waals surface area contributed by atoms with Crippen LogP contribution in [-0.4, -0.2) is 37.0 Å². The van der Waals surface area contributed by atoms with Crippen molar-refractivity contribution in [1.82, 2.24) is 4.98 Å². The molecule has 2 heterocycles. The highest BCUT2D eigenvalue weighted by Gasteiger charge is 2.42. The number of fused-ring (bicyclic) bond motifs is 1. The van der Waals surface area contributed by atoms with E-state index in [1.54, 1.807) is 30.3 Å². The topological polar surface area (TPSA) is 87.5 Å². The molecule has 30 heavy (non-hydrogen) atoms. The highest BCUT2D eigenvalue weighted by molar-refractivity contribution is 5.95. The molecule has 1 aliphatic heterocycles. The number of hydrogen-bond acceptors (Lipinski definition) is 6. The fraction of sp³-hybridized carbons (Fsp3) is 0.381. The number of halogens is 3. The second-order valence-corrected chi connectivity index (χ2v) is 7.57. The number of alkyl halides is 2. The zero-order valence-corrected chi connectivity index (χ0v) is 16.1. The van der Waals surface area contributed by atoms with Crippen molar-refractivity contribution in [1.29, 1.82) is 5.26 Å². The van der Waals surface area contributed by atoms with Gasteiger partial charge in [0.05, 0.1) is 16.8 Å².